The highest BCUT2D eigenvalue weighted by Crippen LogP contribution is 2.26. The third-order valence-electron chi connectivity index (χ3n) is 4.67. The zero-order valence-electron chi connectivity index (χ0n) is 14.2. The molecule has 0 saturated carbocycles. The van der Waals surface area contributed by atoms with E-state index in [1.165, 1.54) is 0 Å². The number of rotatable bonds is 3. The molecule has 1 saturated heterocycles. The highest BCUT2D eigenvalue weighted by molar-refractivity contribution is 7.18. The quantitative estimate of drug-likeness (QED) is 0.754. The fraction of sp³-hybridized carbons (Fsp3) is 0.389. The Bertz CT molecular complexity index is 932. The lowest BCUT2D eigenvalue weighted by Crippen LogP contribution is -2.29. The van der Waals surface area contributed by atoms with E-state index in [-0.39, 0.29) is 11.8 Å². The highest BCUT2D eigenvalue weighted by atomic mass is 32.1. The van der Waals surface area contributed by atoms with Crippen LogP contribution in [0.5, 0.6) is 0 Å². The molecule has 130 valence electrons. The van der Waals surface area contributed by atoms with Gasteiger partial charge in [-0.2, -0.15) is 5.10 Å². The molecular formula is C18H20N4O2S. The zero-order chi connectivity index (χ0) is 17.6. The number of aromatic nitrogens is 3. The number of aryl methyl sites for hydroxylation is 2. The number of carbonyl (C=O) groups is 1. The summed E-state index contributed by atoms with van der Waals surface area (Å²) in [5.41, 5.74) is 3.41. The maximum Gasteiger partial charge on any atom is 0.254 e. The van der Waals surface area contributed by atoms with Crippen molar-refractivity contribution < 1.29 is 9.90 Å². The van der Waals surface area contributed by atoms with Gasteiger partial charge in [0.05, 0.1) is 27.0 Å². The Morgan fingerprint density at radius 3 is 2.96 bits per heavy atom. The smallest absolute Gasteiger partial charge is 0.254 e. The molecule has 2 aromatic heterocycles. The number of nitrogens with zero attached hydrogens (tertiary/aromatic N) is 3. The van der Waals surface area contributed by atoms with Gasteiger partial charge in [0.25, 0.3) is 5.91 Å². The number of β-amino-alcohol motifs (C(OH)–C–C–N with tert-alkyl or cyclic N) is 1. The van der Waals surface area contributed by atoms with E-state index in [4.69, 9.17) is 0 Å². The van der Waals surface area contributed by atoms with Gasteiger partial charge in [-0.05, 0) is 44.5 Å². The second-order valence-electron chi connectivity index (χ2n) is 6.70. The summed E-state index contributed by atoms with van der Waals surface area (Å²) >= 11 is 1.62. The monoisotopic (exact) mass is 356 g/mol. The van der Waals surface area contributed by atoms with Crippen LogP contribution in [0.15, 0.2) is 24.3 Å². The number of hydrogen-bond donors (Lipinski definition) is 2. The minimum absolute atomic E-state index is 0.0110. The topological polar surface area (TPSA) is 82.1 Å². The van der Waals surface area contributed by atoms with Gasteiger partial charge in [-0.15, -0.1) is 11.3 Å². The van der Waals surface area contributed by atoms with Crippen molar-refractivity contribution in [3.8, 4) is 0 Å². The first kappa shape index (κ1) is 16.2. The van der Waals surface area contributed by atoms with Gasteiger partial charge in [-0.1, -0.05) is 0 Å². The van der Waals surface area contributed by atoms with E-state index in [0.29, 0.717) is 25.1 Å². The predicted molar refractivity (Wildman–Crippen MR) is 96.8 cm³/mol. The molecule has 7 heteroatoms. The largest absolute Gasteiger partial charge is 0.391 e. The lowest BCUT2D eigenvalue weighted by atomic mass is 10.0. The Morgan fingerprint density at radius 1 is 1.36 bits per heavy atom. The Hall–Kier alpha value is -2.25. The van der Waals surface area contributed by atoms with Crippen molar-refractivity contribution in [1.29, 1.82) is 0 Å². The maximum absolute atomic E-state index is 12.8. The van der Waals surface area contributed by atoms with Crippen LogP contribution in [0.3, 0.4) is 0 Å². The minimum atomic E-state index is -0.522. The highest BCUT2D eigenvalue weighted by Gasteiger charge is 2.34. The molecule has 1 aliphatic rings. The number of benzene rings is 1. The van der Waals surface area contributed by atoms with Gasteiger partial charge in [0, 0.05) is 30.3 Å². The number of hydrogen-bond acceptors (Lipinski definition) is 5. The van der Waals surface area contributed by atoms with Crippen LogP contribution in [0.4, 0.5) is 0 Å². The van der Waals surface area contributed by atoms with E-state index in [2.05, 4.69) is 15.2 Å². The molecule has 1 aliphatic heterocycles. The number of likely N-dealkylation sites (tertiary alicyclic amines) is 1. The Morgan fingerprint density at radius 2 is 2.20 bits per heavy atom. The first-order valence-corrected chi connectivity index (χ1v) is 9.16. The fourth-order valence-corrected chi connectivity index (χ4v) is 4.23. The lowest BCUT2D eigenvalue weighted by molar-refractivity contribution is 0.0765. The number of aromatic amines is 1. The van der Waals surface area contributed by atoms with E-state index in [1.807, 2.05) is 38.1 Å². The first-order chi connectivity index (χ1) is 12.0. The van der Waals surface area contributed by atoms with Crippen LogP contribution in [0, 0.1) is 19.8 Å². The molecule has 1 aromatic carbocycles. The third kappa shape index (κ3) is 3.17. The number of amides is 1. The van der Waals surface area contributed by atoms with Crippen molar-refractivity contribution in [2.75, 3.05) is 13.1 Å². The zero-order valence-corrected chi connectivity index (χ0v) is 15.0. The van der Waals surface area contributed by atoms with Crippen LogP contribution >= 0.6 is 11.3 Å². The van der Waals surface area contributed by atoms with Crippen LogP contribution in [0.2, 0.25) is 0 Å². The third-order valence-corrected chi connectivity index (χ3v) is 5.62. The molecule has 2 atom stereocenters. The average Bonchev–Trinajstić information content (AvgIpc) is 3.25. The molecule has 0 radical (unpaired) electrons. The summed E-state index contributed by atoms with van der Waals surface area (Å²) in [6, 6.07) is 7.62. The van der Waals surface area contributed by atoms with Crippen molar-refractivity contribution in [1.82, 2.24) is 20.1 Å². The van der Waals surface area contributed by atoms with E-state index in [0.717, 1.165) is 26.6 Å². The lowest BCUT2D eigenvalue weighted by Gasteiger charge is -2.16. The standard InChI is InChI=1S/C18H20N4O2S/c1-10-5-14(21-20-10)6-13-8-22(9-16(13)23)18(24)12-3-4-17-15(7-12)19-11(2)25-17/h3-5,7,13,16,23H,6,8-9H2,1-2H3,(H,20,21)/t13-,16-/m1/s1. The minimum Gasteiger partial charge on any atom is -0.391 e. The molecule has 0 bridgehead atoms. The van der Waals surface area contributed by atoms with Crippen LogP contribution in [-0.2, 0) is 6.42 Å². The van der Waals surface area contributed by atoms with Gasteiger partial charge >= 0.3 is 0 Å². The number of aliphatic hydroxyl groups excluding tert-OH is 1. The molecule has 6 nitrogen and oxygen atoms in total. The number of H-pyrrole nitrogens is 1. The predicted octanol–water partition coefficient (Wildman–Crippen LogP) is 2.31. The van der Waals surface area contributed by atoms with Crippen LogP contribution in [0.25, 0.3) is 10.2 Å². The van der Waals surface area contributed by atoms with E-state index < -0.39 is 6.10 Å². The molecule has 2 N–H and O–H groups in total. The van der Waals surface area contributed by atoms with Gasteiger partial charge in [-0.25, -0.2) is 4.98 Å². The first-order valence-electron chi connectivity index (χ1n) is 8.35. The summed E-state index contributed by atoms with van der Waals surface area (Å²) in [6.45, 7) is 4.82. The summed E-state index contributed by atoms with van der Waals surface area (Å²) in [6.07, 6.45) is 0.144. The van der Waals surface area contributed by atoms with Crippen LogP contribution in [-0.4, -0.2) is 50.3 Å². The summed E-state index contributed by atoms with van der Waals surface area (Å²) in [7, 11) is 0. The number of thiazole rings is 1. The summed E-state index contributed by atoms with van der Waals surface area (Å²) in [5.74, 6) is -0.0378. The Labute approximate surface area is 149 Å². The molecule has 25 heavy (non-hydrogen) atoms. The molecule has 1 fully saturated rings. The van der Waals surface area contributed by atoms with Crippen molar-refractivity contribution in [3.63, 3.8) is 0 Å². The average molecular weight is 356 g/mol. The van der Waals surface area contributed by atoms with Crippen molar-refractivity contribution >= 4 is 27.5 Å². The van der Waals surface area contributed by atoms with E-state index in [9.17, 15) is 9.90 Å². The second-order valence-corrected chi connectivity index (χ2v) is 7.93. The molecule has 0 unspecified atom stereocenters. The molecule has 4 rings (SSSR count). The maximum atomic E-state index is 12.8. The number of aliphatic hydroxyl groups is 1. The van der Waals surface area contributed by atoms with Gasteiger partial charge in [0.2, 0.25) is 0 Å². The van der Waals surface area contributed by atoms with Crippen LogP contribution in [0.1, 0.15) is 26.8 Å². The van der Waals surface area contributed by atoms with E-state index in [1.54, 1.807) is 16.2 Å². The number of fused-ring (bicyclic) bond motifs is 1. The summed E-state index contributed by atoms with van der Waals surface area (Å²) in [4.78, 5) is 19.0. The number of carbonyl (C=O) groups excluding carboxylic acids is 1. The molecule has 0 spiro atoms. The van der Waals surface area contributed by atoms with Crippen LogP contribution < -0.4 is 0 Å². The van der Waals surface area contributed by atoms with Crippen molar-refractivity contribution in [3.05, 3.63) is 46.2 Å². The number of nitrogens with one attached hydrogen (secondary N) is 1. The van der Waals surface area contributed by atoms with Gasteiger partial charge in [0.1, 0.15) is 0 Å². The Kier molecular flexibility index (Phi) is 4.05. The molecular weight excluding hydrogens is 336 g/mol. The van der Waals surface area contributed by atoms with Gasteiger partial charge in [-0.3, -0.25) is 9.89 Å². The second kappa shape index (κ2) is 6.24. The molecule has 0 aliphatic carbocycles. The van der Waals surface area contributed by atoms with Gasteiger partial charge in [0.15, 0.2) is 0 Å². The van der Waals surface area contributed by atoms with Crippen molar-refractivity contribution in [2.45, 2.75) is 26.4 Å². The molecule has 1 amide bonds. The van der Waals surface area contributed by atoms with Gasteiger partial charge < -0.3 is 10.0 Å². The fourth-order valence-electron chi connectivity index (χ4n) is 3.43. The van der Waals surface area contributed by atoms with Crippen molar-refractivity contribution in [2.24, 2.45) is 5.92 Å². The normalized spacial score (nSPS) is 20.5. The van der Waals surface area contributed by atoms with E-state index >= 15 is 0 Å². The summed E-state index contributed by atoms with van der Waals surface area (Å²) in [5, 5.41) is 18.5. The summed E-state index contributed by atoms with van der Waals surface area (Å²) < 4.78 is 1.09. The Balaban J connectivity index is 1.49. The SMILES string of the molecule is Cc1cc(C[C@@H]2CN(C(=O)c3ccc4sc(C)nc4c3)C[C@H]2O)n[nH]1. The molecule has 3 heterocycles. The molecule has 3 aromatic rings.